The number of piperazine rings is 1. The maximum absolute atomic E-state index is 3.78. The number of nitrogens with zero attached hydrogens (tertiary/aromatic N) is 1. The third kappa shape index (κ3) is 2.39. The van der Waals surface area contributed by atoms with Crippen LogP contribution in [0.15, 0.2) is 0 Å². The van der Waals surface area contributed by atoms with E-state index in [1.165, 1.54) is 58.0 Å². The fourth-order valence-electron chi connectivity index (χ4n) is 4.06. The molecule has 2 unspecified atom stereocenters. The van der Waals surface area contributed by atoms with Crippen LogP contribution < -0.4 is 5.32 Å². The number of nitrogens with one attached hydrogen (secondary N) is 1. The molecule has 3 aliphatic rings. The summed E-state index contributed by atoms with van der Waals surface area (Å²) in [5.41, 5.74) is 0.507. The second kappa shape index (κ2) is 4.55. The SMILES string of the molecule is CC1CNC(C2CC2)CN1C1(C)CCCCC1. The van der Waals surface area contributed by atoms with Gasteiger partial charge in [0.25, 0.3) is 0 Å². The smallest absolute Gasteiger partial charge is 0.0224 e. The van der Waals surface area contributed by atoms with E-state index < -0.39 is 0 Å². The van der Waals surface area contributed by atoms with Crippen LogP contribution >= 0.6 is 0 Å². The van der Waals surface area contributed by atoms with Gasteiger partial charge < -0.3 is 5.32 Å². The highest BCUT2D eigenvalue weighted by atomic mass is 15.3. The van der Waals surface area contributed by atoms with Crippen molar-refractivity contribution < 1.29 is 0 Å². The van der Waals surface area contributed by atoms with Gasteiger partial charge in [0.05, 0.1) is 0 Å². The lowest BCUT2D eigenvalue weighted by Crippen LogP contribution is -2.63. The number of hydrogen-bond donors (Lipinski definition) is 1. The topological polar surface area (TPSA) is 15.3 Å². The highest BCUT2D eigenvalue weighted by Gasteiger charge is 2.42. The summed E-state index contributed by atoms with van der Waals surface area (Å²) in [7, 11) is 0. The van der Waals surface area contributed by atoms with E-state index in [-0.39, 0.29) is 0 Å². The van der Waals surface area contributed by atoms with Crippen molar-refractivity contribution in [3.05, 3.63) is 0 Å². The van der Waals surface area contributed by atoms with Crippen molar-refractivity contribution in [1.29, 1.82) is 0 Å². The molecule has 1 N–H and O–H groups in total. The Morgan fingerprint density at radius 2 is 1.82 bits per heavy atom. The third-order valence-electron chi connectivity index (χ3n) is 5.42. The molecule has 1 aliphatic heterocycles. The monoisotopic (exact) mass is 236 g/mol. The van der Waals surface area contributed by atoms with E-state index in [9.17, 15) is 0 Å². The van der Waals surface area contributed by atoms with Crippen molar-refractivity contribution >= 4 is 0 Å². The van der Waals surface area contributed by atoms with Crippen molar-refractivity contribution in [2.24, 2.45) is 5.92 Å². The molecule has 0 bridgehead atoms. The lowest BCUT2D eigenvalue weighted by Gasteiger charge is -2.51. The van der Waals surface area contributed by atoms with Crippen LogP contribution in [0.4, 0.5) is 0 Å². The number of rotatable bonds is 2. The van der Waals surface area contributed by atoms with Crippen molar-refractivity contribution in [3.63, 3.8) is 0 Å². The average Bonchev–Trinajstić information content (AvgIpc) is 3.14. The maximum Gasteiger partial charge on any atom is 0.0224 e. The molecule has 0 aromatic rings. The molecule has 0 aromatic carbocycles. The molecule has 0 radical (unpaired) electrons. The van der Waals surface area contributed by atoms with Crippen LogP contribution in [0.25, 0.3) is 0 Å². The minimum absolute atomic E-state index is 0.507. The molecule has 0 aromatic heterocycles. The predicted octanol–water partition coefficient (Wildman–Crippen LogP) is 2.78. The fourth-order valence-corrected chi connectivity index (χ4v) is 4.06. The van der Waals surface area contributed by atoms with E-state index in [1.54, 1.807) is 0 Å². The van der Waals surface area contributed by atoms with Crippen LogP contribution in [-0.4, -0.2) is 35.6 Å². The Morgan fingerprint density at radius 1 is 1.12 bits per heavy atom. The molecule has 2 saturated carbocycles. The van der Waals surface area contributed by atoms with Crippen LogP contribution in [0, 0.1) is 5.92 Å². The zero-order chi connectivity index (χ0) is 11.9. The third-order valence-corrected chi connectivity index (χ3v) is 5.42. The van der Waals surface area contributed by atoms with Gasteiger partial charge in [-0.3, -0.25) is 4.90 Å². The normalized spacial score (nSPS) is 39.2. The molecular weight excluding hydrogens is 208 g/mol. The molecule has 3 fully saturated rings. The van der Waals surface area contributed by atoms with Gasteiger partial charge >= 0.3 is 0 Å². The highest BCUT2D eigenvalue weighted by Crippen LogP contribution is 2.39. The molecule has 2 heteroatoms. The summed E-state index contributed by atoms with van der Waals surface area (Å²) in [6.07, 6.45) is 10.1. The molecule has 3 rings (SSSR count). The second-order valence-corrected chi connectivity index (χ2v) is 6.91. The van der Waals surface area contributed by atoms with E-state index in [2.05, 4.69) is 24.1 Å². The Balaban J connectivity index is 1.69. The lowest BCUT2D eigenvalue weighted by molar-refractivity contribution is 0.000361. The Hall–Kier alpha value is -0.0800. The molecule has 17 heavy (non-hydrogen) atoms. The Morgan fingerprint density at radius 3 is 2.47 bits per heavy atom. The van der Waals surface area contributed by atoms with Crippen molar-refractivity contribution in [3.8, 4) is 0 Å². The van der Waals surface area contributed by atoms with Crippen LogP contribution in [-0.2, 0) is 0 Å². The molecular formula is C15H28N2. The first-order chi connectivity index (χ1) is 8.19. The van der Waals surface area contributed by atoms with Gasteiger partial charge in [-0.05, 0) is 45.4 Å². The van der Waals surface area contributed by atoms with Crippen LogP contribution in [0.2, 0.25) is 0 Å². The van der Waals surface area contributed by atoms with Gasteiger partial charge in [0.2, 0.25) is 0 Å². The average molecular weight is 236 g/mol. The van der Waals surface area contributed by atoms with Crippen molar-refractivity contribution in [2.45, 2.75) is 76.4 Å². The van der Waals surface area contributed by atoms with Gasteiger partial charge in [-0.2, -0.15) is 0 Å². The summed E-state index contributed by atoms with van der Waals surface area (Å²) in [5.74, 6) is 0.997. The standard InChI is InChI=1S/C15H28N2/c1-12-10-16-14(13-6-7-13)11-17(12)15(2)8-4-3-5-9-15/h12-14,16H,3-11H2,1-2H3. The Bertz CT molecular complexity index is 266. The quantitative estimate of drug-likeness (QED) is 0.793. The van der Waals surface area contributed by atoms with Gasteiger partial charge in [0.1, 0.15) is 0 Å². The minimum Gasteiger partial charge on any atom is -0.311 e. The molecule has 1 heterocycles. The van der Waals surface area contributed by atoms with Crippen LogP contribution in [0.3, 0.4) is 0 Å². The zero-order valence-corrected chi connectivity index (χ0v) is 11.5. The highest BCUT2D eigenvalue weighted by molar-refractivity contribution is 5.00. The van der Waals surface area contributed by atoms with Crippen molar-refractivity contribution in [1.82, 2.24) is 10.2 Å². The van der Waals surface area contributed by atoms with E-state index in [4.69, 9.17) is 0 Å². The summed E-state index contributed by atoms with van der Waals surface area (Å²) in [6.45, 7) is 7.45. The summed E-state index contributed by atoms with van der Waals surface area (Å²) in [6, 6.07) is 1.53. The van der Waals surface area contributed by atoms with Gasteiger partial charge in [-0.1, -0.05) is 19.3 Å². The minimum atomic E-state index is 0.507. The van der Waals surface area contributed by atoms with Gasteiger partial charge in [-0.15, -0.1) is 0 Å². The molecule has 0 spiro atoms. The fraction of sp³-hybridized carbons (Fsp3) is 1.00. The molecule has 1 saturated heterocycles. The van der Waals surface area contributed by atoms with Crippen LogP contribution in [0.1, 0.15) is 58.8 Å². The first kappa shape index (κ1) is 12.0. The van der Waals surface area contributed by atoms with E-state index in [0.717, 1.165) is 18.0 Å². The van der Waals surface area contributed by atoms with Crippen LogP contribution in [0.5, 0.6) is 0 Å². The molecule has 2 nitrogen and oxygen atoms in total. The van der Waals surface area contributed by atoms with E-state index in [1.807, 2.05) is 0 Å². The van der Waals surface area contributed by atoms with E-state index in [0.29, 0.717) is 5.54 Å². The Labute approximate surface area is 106 Å². The second-order valence-electron chi connectivity index (χ2n) is 6.91. The lowest BCUT2D eigenvalue weighted by atomic mass is 9.80. The Kier molecular flexibility index (Phi) is 3.20. The summed E-state index contributed by atoms with van der Waals surface area (Å²) >= 11 is 0. The first-order valence-corrected chi connectivity index (χ1v) is 7.69. The first-order valence-electron chi connectivity index (χ1n) is 7.69. The molecule has 2 atom stereocenters. The molecule has 0 amide bonds. The predicted molar refractivity (Wildman–Crippen MR) is 72.2 cm³/mol. The maximum atomic E-state index is 3.78. The van der Waals surface area contributed by atoms with Gasteiger partial charge in [-0.25, -0.2) is 0 Å². The summed E-state index contributed by atoms with van der Waals surface area (Å²) in [4.78, 5) is 2.85. The summed E-state index contributed by atoms with van der Waals surface area (Å²) < 4.78 is 0. The number of hydrogen-bond acceptors (Lipinski definition) is 2. The molecule has 2 aliphatic carbocycles. The van der Waals surface area contributed by atoms with Gasteiger partial charge in [0.15, 0.2) is 0 Å². The van der Waals surface area contributed by atoms with E-state index >= 15 is 0 Å². The largest absolute Gasteiger partial charge is 0.311 e. The zero-order valence-electron chi connectivity index (χ0n) is 11.5. The van der Waals surface area contributed by atoms with Gasteiger partial charge in [0, 0.05) is 30.7 Å². The summed E-state index contributed by atoms with van der Waals surface area (Å²) in [5, 5.41) is 3.78. The molecule has 98 valence electrons. The van der Waals surface area contributed by atoms with Crippen molar-refractivity contribution in [2.75, 3.05) is 13.1 Å².